The minimum atomic E-state index is -0.888. The molecule has 136 valence electrons. The van der Waals surface area contributed by atoms with E-state index in [1.54, 1.807) is 18.2 Å². The number of benzene rings is 2. The molecule has 6 heteroatoms. The Morgan fingerprint density at radius 1 is 1.12 bits per heavy atom. The van der Waals surface area contributed by atoms with E-state index in [4.69, 9.17) is 14.2 Å². The van der Waals surface area contributed by atoms with Gasteiger partial charge in [-0.2, -0.15) is 0 Å². The van der Waals surface area contributed by atoms with E-state index in [1.807, 2.05) is 44.2 Å². The van der Waals surface area contributed by atoms with Crippen LogP contribution in [0, 0.1) is 0 Å². The molecule has 1 aliphatic heterocycles. The van der Waals surface area contributed by atoms with Gasteiger partial charge in [-0.3, -0.25) is 4.79 Å². The highest BCUT2D eigenvalue weighted by Crippen LogP contribution is 2.31. The van der Waals surface area contributed by atoms with Crippen molar-refractivity contribution >= 4 is 17.6 Å². The van der Waals surface area contributed by atoms with Crippen molar-refractivity contribution in [2.24, 2.45) is 0 Å². The van der Waals surface area contributed by atoms with Crippen molar-refractivity contribution in [3.8, 4) is 11.5 Å². The molecule has 1 atom stereocenters. The molecule has 0 fully saturated rings. The molecule has 0 spiro atoms. The molecule has 26 heavy (non-hydrogen) atoms. The van der Waals surface area contributed by atoms with Gasteiger partial charge in [0.25, 0.3) is 5.91 Å². The molecule has 1 N–H and O–H groups in total. The van der Waals surface area contributed by atoms with Gasteiger partial charge in [-0.1, -0.05) is 44.2 Å². The van der Waals surface area contributed by atoms with E-state index in [-0.39, 0.29) is 19.1 Å². The van der Waals surface area contributed by atoms with Crippen LogP contribution in [0.3, 0.4) is 0 Å². The molecule has 1 aliphatic rings. The molecule has 2 aromatic rings. The zero-order valence-corrected chi connectivity index (χ0v) is 14.7. The van der Waals surface area contributed by atoms with Gasteiger partial charge >= 0.3 is 5.97 Å². The highest BCUT2D eigenvalue weighted by atomic mass is 16.6. The minimum Gasteiger partial charge on any atom is -0.485 e. The molecule has 0 aliphatic carbocycles. The fourth-order valence-corrected chi connectivity index (χ4v) is 2.67. The van der Waals surface area contributed by atoms with Crippen molar-refractivity contribution in [2.75, 3.05) is 18.5 Å². The molecule has 3 rings (SSSR count). The van der Waals surface area contributed by atoms with Crippen LogP contribution in [0.15, 0.2) is 48.5 Å². The third-order valence-corrected chi connectivity index (χ3v) is 3.97. The summed E-state index contributed by atoms with van der Waals surface area (Å²) in [6.45, 7) is 3.76. The first-order valence-corrected chi connectivity index (χ1v) is 8.48. The van der Waals surface area contributed by atoms with Crippen LogP contribution in [0.1, 0.15) is 25.3 Å². The quantitative estimate of drug-likeness (QED) is 0.834. The van der Waals surface area contributed by atoms with E-state index in [0.29, 0.717) is 11.5 Å². The second-order valence-electron chi connectivity index (χ2n) is 6.26. The van der Waals surface area contributed by atoms with Gasteiger partial charge in [-0.05, 0) is 29.7 Å². The Balaban J connectivity index is 1.53. The average molecular weight is 355 g/mol. The van der Waals surface area contributed by atoms with Gasteiger partial charge < -0.3 is 19.5 Å². The maximum atomic E-state index is 12.1. The van der Waals surface area contributed by atoms with E-state index in [0.717, 1.165) is 11.3 Å². The standard InChI is InChI=1S/C20H21NO5/c1-13(2)14-7-3-4-8-15(14)21-19(22)12-25-20(23)18-11-24-16-9-5-6-10-17(16)26-18/h3-10,13,18H,11-12H2,1-2H3,(H,21,22)/t18-/m0/s1. The Kier molecular flexibility index (Phi) is 5.41. The highest BCUT2D eigenvalue weighted by Gasteiger charge is 2.29. The van der Waals surface area contributed by atoms with Crippen molar-refractivity contribution in [3.63, 3.8) is 0 Å². The largest absolute Gasteiger partial charge is 0.485 e. The summed E-state index contributed by atoms with van der Waals surface area (Å²) in [5, 5.41) is 2.78. The van der Waals surface area contributed by atoms with Crippen LogP contribution >= 0.6 is 0 Å². The van der Waals surface area contributed by atoms with Crippen LogP contribution in [0.5, 0.6) is 11.5 Å². The average Bonchev–Trinajstić information content (AvgIpc) is 2.66. The summed E-state index contributed by atoms with van der Waals surface area (Å²) in [6, 6.07) is 14.6. The number of amides is 1. The zero-order valence-electron chi connectivity index (χ0n) is 14.7. The van der Waals surface area contributed by atoms with Crippen molar-refractivity contribution < 1.29 is 23.8 Å². The van der Waals surface area contributed by atoms with Crippen LogP contribution in [-0.4, -0.2) is 31.2 Å². The number of rotatable bonds is 5. The third kappa shape index (κ3) is 4.14. The SMILES string of the molecule is CC(C)c1ccccc1NC(=O)COC(=O)[C@@H]1COc2ccccc2O1. The van der Waals surface area contributed by atoms with Crippen molar-refractivity contribution in [3.05, 3.63) is 54.1 Å². The second kappa shape index (κ2) is 7.91. The highest BCUT2D eigenvalue weighted by molar-refractivity contribution is 5.93. The van der Waals surface area contributed by atoms with Crippen LogP contribution in [-0.2, 0) is 14.3 Å². The molecular formula is C20H21NO5. The van der Waals surface area contributed by atoms with E-state index >= 15 is 0 Å². The third-order valence-electron chi connectivity index (χ3n) is 3.97. The summed E-state index contributed by atoms with van der Waals surface area (Å²) < 4.78 is 16.1. The van der Waals surface area contributed by atoms with Gasteiger partial charge in [0, 0.05) is 5.69 Å². The van der Waals surface area contributed by atoms with Crippen molar-refractivity contribution in [1.82, 2.24) is 0 Å². The summed E-state index contributed by atoms with van der Waals surface area (Å²) in [4.78, 5) is 24.2. The summed E-state index contributed by atoms with van der Waals surface area (Å²) in [5.74, 6) is 0.299. The molecule has 1 amide bonds. The van der Waals surface area contributed by atoms with E-state index in [1.165, 1.54) is 0 Å². The number of esters is 1. The fraction of sp³-hybridized carbons (Fsp3) is 0.300. The summed E-state index contributed by atoms with van der Waals surface area (Å²) in [7, 11) is 0. The molecule has 0 aromatic heterocycles. The summed E-state index contributed by atoms with van der Waals surface area (Å²) in [5.41, 5.74) is 1.74. The Morgan fingerprint density at radius 3 is 2.58 bits per heavy atom. The van der Waals surface area contributed by atoms with E-state index < -0.39 is 18.0 Å². The lowest BCUT2D eigenvalue weighted by Gasteiger charge is -2.24. The lowest BCUT2D eigenvalue weighted by molar-refractivity contribution is -0.156. The Morgan fingerprint density at radius 2 is 1.81 bits per heavy atom. The van der Waals surface area contributed by atoms with Gasteiger partial charge in [0.2, 0.25) is 6.10 Å². The molecule has 2 aromatic carbocycles. The number of fused-ring (bicyclic) bond motifs is 1. The first-order valence-electron chi connectivity index (χ1n) is 8.48. The minimum absolute atomic E-state index is 0.0493. The number of nitrogens with one attached hydrogen (secondary N) is 1. The van der Waals surface area contributed by atoms with Gasteiger partial charge in [-0.15, -0.1) is 0 Å². The predicted octanol–water partition coefficient (Wildman–Crippen LogP) is 3.13. The van der Waals surface area contributed by atoms with E-state index in [9.17, 15) is 9.59 Å². The monoisotopic (exact) mass is 355 g/mol. The van der Waals surface area contributed by atoms with Gasteiger partial charge in [-0.25, -0.2) is 4.79 Å². The summed E-state index contributed by atoms with van der Waals surface area (Å²) in [6.07, 6.45) is -0.888. The van der Waals surface area contributed by atoms with Crippen LogP contribution < -0.4 is 14.8 Å². The molecule has 1 heterocycles. The van der Waals surface area contributed by atoms with Crippen LogP contribution in [0.25, 0.3) is 0 Å². The molecule has 0 bridgehead atoms. The number of hydrogen-bond donors (Lipinski definition) is 1. The summed E-state index contributed by atoms with van der Waals surface area (Å²) >= 11 is 0. The number of carbonyl (C=O) groups is 2. The number of carbonyl (C=O) groups excluding carboxylic acids is 2. The first kappa shape index (κ1) is 17.8. The Bertz CT molecular complexity index is 802. The van der Waals surface area contributed by atoms with Gasteiger partial charge in [0.1, 0.15) is 6.61 Å². The van der Waals surface area contributed by atoms with E-state index in [2.05, 4.69) is 5.32 Å². The normalized spacial score (nSPS) is 15.4. The lowest BCUT2D eigenvalue weighted by atomic mass is 10.0. The van der Waals surface area contributed by atoms with Crippen molar-refractivity contribution in [2.45, 2.75) is 25.9 Å². The molecular weight excluding hydrogens is 334 g/mol. The first-order chi connectivity index (χ1) is 12.5. The molecule has 0 saturated heterocycles. The maximum Gasteiger partial charge on any atom is 0.351 e. The molecule has 0 radical (unpaired) electrons. The Labute approximate surface area is 152 Å². The number of hydrogen-bond acceptors (Lipinski definition) is 5. The lowest BCUT2D eigenvalue weighted by Crippen LogP contribution is -2.39. The second-order valence-corrected chi connectivity index (χ2v) is 6.26. The number of anilines is 1. The zero-order chi connectivity index (χ0) is 18.5. The fourth-order valence-electron chi connectivity index (χ4n) is 2.67. The van der Waals surface area contributed by atoms with Gasteiger partial charge in [0.05, 0.1) is 0 Å². The molecule has 0 saturated carbocycles. The predicted molar refractivity (Wildman–Crippen MR) is 96.5 cm³/mol. The maximum absolute atomic E-state index is 12.1. The van der Waals surface area contributed by atoms with Crippen molar-refractivity contribution in [1.29, 1.82) is 0 Å². The van der Waals surface area contributed by atoms with Gasteiger partial charge in [0.15, 0.2) is 18.1 Å². The smallest absolute Gasteiger partial charge is 0.351 e. The van der Waals surface area contributed by atoms with Crippen LogP contribution in [0.4, 0.5) is 5.69 Å². The van der Waals surface area contributed by atoms with Crippen LogP contribution in [0.2, 0.25) is 0 Å². The Hall–Kier alpha value is -3.02. The number of ether oxygens (including phenoxy) is 3. The number of para-hydroxylation sites is 3. The topological polar surface area (TPSA) is 73.9 Å². The molecule has 6 nitrogen and oxygen atoms in total. The molecule has 0 unspecified atom stereocenters.